The van der Waals surface area contributed by atoms with Crippen LogP contribution in [0.2, 0.25) is 0 Å². The highest BCUT2D eigenvalue weighted by atomic mass is 16.4. The molecular weight excluding hydrogens is 288 g/mol. The lowest BCUT2D eigenvalue weighted by atomic mass is 9.91. The van der Waals surface area contributed by atoms with Gasteiger partial charge in [-0.25, -0.2) is 9.97 Å². The lowest BCUT2D eigenvalue weighted by Gasteiger charge is -2.29. The number of amides is 2. The highest BCUT2D eigenvalue weighted by Gasteiger charge is 2.25. The quantitative estimate of drug-likeness (QED) is 0.876. The summed E-state index contributed by atoms with van der Waals surface area (Å²) >= 11 is 0. The van der Waals surface area contributed by atoms with Gasteiger partial charge in [0.2, 0.25) is 0 Å². The van der Waals surface area contributed by atoms with Crippen LogP contribution in [0.1, 0.15) is 47.1 Å². The van der Waals surface area contributed by atoms with E-state index in [2.05, 4.69) is 20.6 Å². The van der Waals surface area contributed by atoms with E-state index in [9.17, 15) is 9.59 Å². The Hall–Kier alpha value is -2.64. The lowest BCUT2D eigenvalue weighted by molar-refractivity contribution is 0.0857. The highest BCUT2D eigenvalue weighted by molar-refractivity contribution is 5.90. The smallest absolute Gasteiger partial charge is 0.307 e. The van der Waals surface area contributed by atoms with Crippen LogP contribution in [0.25, 0.3) is 0 Å². The highest BCUT2D eigenvalue weighted by Crippen LogP contribution is 2.19. The van der Waals surface area contributed by atoms with Crippen molar-refractivity contribution in [2.24, 2.45) is 0 Å². The molecule has 2 aromatic heterocycles. The van der Waals surface area contributed by atoms with E-state index >= 15 is 0 Å². The van der Waals surface area contributed by atoms with E-state index in [1.54, 1.807) is 0 Å². The van der Waals surface area contributed by atoms with Crippen LogP contribution >= 0.6 is 0 Å². The predicted molar refractivity (Wildman–Crippen MR) is 74.0 cm³/mol. The molecule has 8 nitrogen and oxygen atoms in total. The van der Waals surface area contributed by atoms with Gasteiger partial charge >= 0.3 is 11.8 Å². The second-order valence-corrected chi connectivity index (χ2v) is 5.17. The summed E-state index contributed by atoms with van der Waals surface area (Å²) in [4.78, 5) is 31.3. The molecular formula is C14H16N4O4. The van der Waals surface area contributed by atoms with Crippen LogP contribution in [0, 0.1) is 0 Å². The van der Waals surface area contributed by atoms with E-state index in [1.807, 2.05) is 0 Å². The Kier molecular flexibility index (Phi) is 4.17. The monoisotopic (exact) mass is 304 g/mol. The molecule has 22 heavy (non-hydrogen) atoms. The minimum absolute atomic E-state index is 0.0642. The molecule has 1 aliphatic carbocycles. The Morgan fingerprint density at radius 2 is 1.27 bits per heavy atom. The van der Waals surface area contributed by atoms with Gasteiger partial charge in [-0.2, -0.15) is 0 Å². The minimum atomic E-state index is -0.308. The number of nitrogens with one attached hydrogen (secondary N) is 2. The molecule has 2 heterocycles. The van der Waals surface area contributed by atoms with Gasteiger partial charge in [-0.15, -0.1) is 0 Å². The van der Waals surface area contributed by atoms with Crippen LogP contribution < -0.4 is 10.6 Å². The molecule has 2 amide bonds. The summed E-state index contributed by atoms with van der Waals surface area (Å²) in [5.74, 6) is -0.479. The first-order valence-electron chi connectivity index (χ1n) is 7.13. The summed E-state index contributed by atoms with van der Waals surface area (Å²) < 4.78 is 9.91. The third-order valence-corrected chi connectivity index (χ3v) is 3.65. The van der Waals surface area contributed by atoms with Crippen molar-refractivity contribution in [3.05, 3.63) is 36.7 Å². The largest absolute Gasteiger partial charge is 0.441 e. The van der Waals surface area contributed by atoms with Gasteiger partial charge in [-0.3, -0.25) is 9.59 Å². The van der Waals surface area contributed by atoms with Crippen molar-refractivity contribution in [3.63, 3.8) is 0 Å². The van der Waals surface area contributed by atoms with Gasteiger partial charge in [0.1, 0.15) is 12.5 Å². The van der Waals surface area contributed by atoms with Gasteiger partial charge in [-0.05, 0) is 25.7 Å². The minimum Gasteiger partial charge on any atom is -0.441 e. The van der Waals surface area contributed by atoms with Crippen LogP contribution in [0.15, 0.2) is 33.8 Å². The number of oxazole rings is 2. The molecule has 0 radical (unpaired) electrons. The molecule has 0 bridgehead atoms. The van der Waals surface area contributed by atoms with Crippen molar-refractivity contribution in [2.75, 3.05) is 0 Å². The van der Waals surface area contributed by atoms with Crippen LogP contribution in [0.5, 0.6) is 0 Å². The molecule has 8 heteroatoms. The van der Waals surface area contributed by atoms with E-state index in [0.29, 0.717) is 0 Å². The van der Waals surface area contributed by atoms with E-state index in [-0.39, 0.29) is 35.7 Å². The van der Waals surface area contributed by atoms with Crippen LogP contribution in [0.4, 0.5) is 0 Å². The number of carbonyl (C=O) groups excluding carboxylic acids is 2. The predicted octanol–water partition coefficient (Wildman–Crippen LogP) is 1.13. The first-order valence-corrected chi connectivity index (χ1v) is 7.13. The van der Waals surface area contributed by atoms with Gasteiger partial charge in [-0.1, -0.05) is 0 Å². The molecule has 2 N–H and O–H groups in total. The zero-order valence-electron chi connectivity index (χ0n) is 11.8. The molecule has 1 fully saturated rings. The maximum atomic E-state index is 11.8. The number of hydrogen-bond acceptors (Lipinski definition) is 6. The maximum Gasteiger partial charge on any atom is 0.307 e. The van der Waals surface area contributed by atoms with Crippen LogP contribution in [0.3, 0.4) is 0 Å². The maximum absolute atomic E-state index is 11.8. The van der Waals surface area contributed by atoms with Crippen molar-refractivity contribution in [3.8, 4) is 0 Å². The first-order chi connectivity index (χ1) is 10.7. The summed E-state index contributed by atoms with van der Waals surface area (Å²) in [5, 5.41) is 5.77. The number of rotatable bonds is 4. The van der Waals surface area contributed by atoms with Crippen molar-refractivity contribution in [1.29, 1.82) is 0 Å². The normalized spacial score (nSPS) is 21.3. The third-order valence-electron chi connectivity index (χ3n) is 3.65. The Balaban J connectivity index is 1.44. The molecule has 0 aliphatic heterocycles. The molecule has 2 aromatic rings. The Bertz CT molecular complexity index is 559. The fourth-order valence-corrected chi connectivity index (χ4v) is 2.55. The fraction of sp³-hybridized carbons (Fsp3) is 0.429. The standard InChI is InChI=1S/C14H16N4O4/c19-11(13-15-5-7-21-13)17-9-1-2-10(4-3-9)18-12(20)14-16-6-8-22-14/h5-10H,1-4H2,(H,17,19)(H,18,20). The third kappa shape index (κ3) is 3.33. The lowest BCUT2D eigenvalue weighted by Crippen LogP contribution is -2.43. The average molecular weight is 304 g/mol. The summed E-state index contributed by atoms with van der Waals surface area (Å²) in [5.41, 5.74) is 0. The second kappa shape index (κ2) is 6.42. The number of aromatic nitrogens is 2. The van der Waals surface area contributed by atoms with Crippen molar-refractivity contribution < 1.29 is 18.4 Å². The average Bonchev–Trinajstić information content (AvgIpc) is 3.23. The summed E-state index contributed by atoms with van der Waals surface area (Å²) in [7, 11) is 0. The van der Waals surface area contributed by atoms with E-state index in [1.165, 1.54) is 24.9 Å². The Labute approximate surface area is 126 Å². The van der Waals surface area contributed by atoms with E-state index in [0.717, 1.165) is 25.7 Å². The molecule has 1 aliphatic rings. The second-order valence-electron chi connectivity index (χ2n) is 5.17. The molecule has 0 spiro atoms. The van der Waals surface area contributed by atoms with E-state index in [4.69, 9.17) is 8.83 Å². The molecule has 0 saturated heterocycles. The Morgan fingerprint density at radius 1 is 0.864 bits per heavy atom. The Morgan fingerprint density at radius 3 is 1.59 bits per heavy atom. The van der Waals surface area contributed by atoms with Crippen LogP contribution in [-0.4, -0.2) is 33.9 Å². The zero-order valence-corrected chi connectivity index (χ0v) is 11.8. The molecule has 116 valence electrons. The van der Waals surface area contributed by atoms with Gasteiger partial charge in [0.25, 0.3) is 11.8 Å². The fourth-order valence-electron chi connectivity index (χ4n) is 2.55. The molecule has 1 saturated carbocycles. The first kappa shape index (κ1) is 14.3. The summed E-state index contributed by atoms with van der Waals surface area (Å²) in [6.45, 7) is 0. The van der Waals surface area contributed by atoms with Crippen molar-refractivity contribution in [2.45, 2.75) is 37.8 Å². The summed E-state index contributed by atoms with van der Waals surface area (Å²) in [6, 6.07) is 0.128. The van der Waals surface area contributed by atoms with Gasteiger partial charge < -0.3 is 19.5 Å². The van der Waals surface area contributed by atoms with Crippen LogP contribution in [-0.2, 0) is 0 Å². The molecule has 0 unspecified atom stereocenters. The number of carbonyl (C=O) groups is 2. The summed E-state index contributed by atoms with van der Waals surface area (Å²) in [6.07, 6.45) is 8.72. The van der Waals surface area contributed by atoms with Crippen molar-refractivity contribution >= 4 is 11.8 Å². The molecule has 0 atom stereocenters. The SMILES string of the molecule is O=C(NC1CCC(NC(=O)c2ncco2)CC1)c1ncco1. The topological polar surface area (TPSA) is 110 Å². The van der Waals surface area contributed by atoms with Gasteiger partial charge in [0.15, 0.2) is 0 Å². The van der Waals surface area contributed by atoms with Gasteiger partial charge in [0, 0.05) is 12.1 Å². The molecule has 3 rings (SSSR count). The molecule has 0 aromatic carbocycles. The number of nitrogens with zero attached hydrogens (tertiary/aromatic N) is 2. The zero-order chi connectivity index (χ0) is 15.4. The number of hydrogen-bond donors (Lipinski definition) is 2. The van der Waals surface area contributed by atoms with Gasteiger partial charge in [0.05, 0.1) is 12.4 Å². The van der Waals surface area contributed by atoms with Crippen molar-refractivity contribution in [1.82, 2.24) is 20.6 Å². The van der Waals surface area contributed by atoms with E-state index < -0.39 is 0 Å².